The molecule has 5 nitrogen and oxygen atoms in total. The van der Waals surface area contributed by atoms with E-state index in [0.717, 1.165) is 28.2 Å². The lowest BCUT2D eigenvalue weighted by molar-refractivity contribution is 0.0702. The van der Waals surface area contributed by atoms with E-state index in [1.54, 1.807) is 7.11 Å². The quantitative estimate of drug-likeness (QED) is 0.858. The summed E-state index contributed by atoms with van der Waals surface area (Å²) in [6, 6.07) is 8.90. The molecular weight excluding hydrogens is 302 g/mol. The van der Waals surface area contributed by atoms with Gasteiger partial charge in [-0.05, 0) is 42.7 Å². The van der Waals surface area contributed by atoms with Crippen molar-refractivity contribution in [3.05, 3.63) is 51.2 Å². The standard InChI is InChI=1S/C16H17NO4S/c1-10-3-4-11(9-12(10)21-2)7-8-17-15(18)13-5-6-14(22-13)16(19)20/h3-6,9H,7-8H2,1-2H3,(H,17,18)(H,19,20). The number of hydrogen-bond donors (Lipinski definition) is 2. The molecular formula is C16H17NO4S. The molecule has 2 rings (SSSR count). The molecule has 0 saturated heterocycles. The number of nitrogens with one attached hydrogen (secondary N) is 1. The Morgan fingerprint density at radius 2 is 1.95 bits per heavy atom. The average Bonchev–Trinajstić information content (AvgIpc) is 2.99. The SMILES string of the molecule is COc1cc(CCNC(=O)c2ccc(C(=O)O)s2)ccc1C. The molecule has 1 amide bonds. The molecule has 1 aromatic heterocycles. The van der Waals surface area contributed by atoms with Crippen LogP contribution >= 0.6 is 11.3 Å². The first-order chi connectivity index (χ1) is 10.5. The van der Waals surface area contributed by atoms with E-state index in [0.29, 0.717) is 17.8 Å². The van der Waals surface area contributed by atoms with Crippen LogP contribution in [0.25, 0.3) is 0 Å². The lowest BCUT2D eigenvalue weighted by atomic mass is 10.1. The Kier molecular flexibility index (Phi) is 5.16. The van der Waals surface area contributed by atoms with E-state index in [2.05, 4.69) is 5.32 Å². The monoisotopic (exact) mass is 319 g/mol. The maximum Gasteiger partial charge on any atom is 0.345 e. The van der Waals surface area contributed by atoms with Gasteiger partial charge in [-0.25, -0.2) is 4.79 Å². The molecule has 0 fully saturated rings. The number of ether oxygens (including phenoxy) is 1. The van der Waals surface area contributed by atoms with E-state index in [-0.39, 0.29) is 10.8 Å². The lowest BCUT2D eigenvalue weighted by Crippen LogP contribution is -2.24. The fourth-order valence-electron chi connectivity index (χ4n) is 2.00. The van der Waals surface area contributed by atoms with Gasteiger partial charge in [0.25, 0.3) is 5.91 Å². The number of carbonyl (C=O) groups excluding carboxylic acids is 1. The molecule has 0 aliphatic rings. The molecule has 0 bridgehead atoms. The number of aryl methyl sites for hydroxylation is 1. The van der Waals surface area contributed by atoms with E-state index >= 15 is 0 Å². The van der Waals surface area contributed by atoms with Gasteiger partial charge in [-0.3, -0.25) is 4.79 Å². The minimum Gasteiger partial charge on any atom is -0.496 e. The van der Waals surface area contributed by atoms with Crippen LogP contribution in [0.4, 0.5) is 0 Å². The van der Waals surface area contributed by atoms with Crippen LogP contribution in [0.1, 0.15) is 30.5 Å². The number of methoxy groups -OCH3 is 1. The predicted octanol–water partition coefficient (Wildman–Crippen LogP) is 2.74. The molecule has 1 aromatic carbocycles. The maximum absolute atomic E-state index is 11.9. The van der Waals surface area contributed by atoms with Gasteiger partial charge in [0.05, 0.1) is 12.0 Å². The molecule has 0 saturated carbocycles. The number of carboxylic acids is 1. The topological polar surface area (TPSA) is 75.6 Å². The molecule has 0 aliphatic carbocycles. The minimum absolute atomic E-state index is 0.161. The second-order valence-corrected chi connectivity index (χ2v) is 5.86. The molecule has 1 heterocycles. The first kappa shape index (κ1) is 16.0. The summed E-state index contributed by atoms with van der Waals surface area (Å²) < 4.78 is 5.27. The lowest BCUT2D eigenvalue weighted by Gasteiger charge is -2.08. The van der Waals surface area contributed by atoms with Gasteiger partial charge in [0.15, 0.2) is 0 Å². The summed E-state index contributed by atoms with van der Waals surface area (Å²) >= 11 is 0.972. The highest BCUT2D eigenvalue weighted by molar-refractivity contribution is 7.15. The van der Waals surface area contributed by atoms with Crippen molar-refractivity contribution in [3.63, 3.8) is 0 Å². The Morgan fingerprint density at radius 1 is 1.23 bits per heavy atom. The van der Waals surface area contributed by atoms with E-state index in [1.807, 2.05) is 25.1 Å². The number of carboxylic acid groups (broad SMARTS) is 1. The zero-order valence-corrected chi connectivity index (χ0v) is 13.2. The van der Waals surface area contributed by atoms with Crippen molar-refractivity contribution in [2.24, 2.45) is 0 Å². The number of amides is 1. The summed E-state index contributed by atoms with van der Waals surface area (Å²) in [4.78, 5) is 23.3. The number of thiophene rings is 1. The van der Waals surface area contributed by atoms with Crippen molar-refractivity contribution >= 4 is 23.2 Å². The Bertz CT molecular complexity index is 693. The largest absolute Gasteiger partial charge is 0.496 e. The van der Waals surface area contributed by atoms with Crippen LogP contribution in [-0.4, -0.2) is 30.6 Å². The summed E-state index contributed by atoms with van der Waals surface area (Å²) in [5.41, 5.74) is 2.13. The Balaban J connectivity index is 1.90. The number of aromatic carboxylic acids is 1. The Morgan fingerprint density at radius 3 is 2.59 bits per heavy atom. The summed E-state index contributed by atoms with van der Waals surface area (Å²) in [7, 11) is 1.63. The number of rotatable bonds is 6. The van der Waals surface area contributed by atoms with Crippen molar-refractivity contribution in [3.8, 4) is 5.75 Å². The fraction of sp³-hybridized carbons (Fsp3) is 0.250. The highest BCUT2D eigenvalue weighted by Gasteiger charge is 2.12. The second-order valence-electron chi connectivity index (χ2n) is 4.78. The van der Waals surface area contributed by atoms with Crippen LogP contribution in [0.2, 0.25) is 0 Å². The van der Waals surface area contributed by atoms with Crippen molar-refractivity contribution in [1.82, 2.24) is 5.32 Å². The second kappa shape index (κ2) is 7.09. The average molecular weight is 319 g/mol. The van der Waals surface area contributed by atoms with Gasteiger partial charge in [-0.1, -0.05) is 12.1 Å². The van der Waals surface area contributed by atoms with E-state index in [4.69, 9.17) is 9.84 Å². The van der Waals surface area contributed by atoms with Gasteiger partial charge in [0.2, 0.25) is 0 Å². The van der Waals surface area contributed by atoms with Gasteiger partial charge < -0.3 is 15.2 Å². The third-order valence-corrected chi connectivity index (χ3v) is 4.28. The van der Waals surface area contributed by atoms with Crippen molar-refractivity contribution in [2.45, 2.75) is 13.3 Å². The van der Waals surface area contributed by atoms with E-state index in [1.165, 1.54) is 12.1 Å². The zero-order chi connectivity index (χ0) is 16.1. The number of carbonyl (C=O) groups is 2. The molecule has 2 N–H and O–H groups in total. The highest BCUT2D eigenvalue weighted by Crippen LogP contribution is 2.19. The third kappa shape index (κ3) is 3.85. The summed E-state index contributed by atoms with van der Waals surface area (Å²) in [6.45, 7) is 2.45. The summed E-state index contributed by atoms with van der Waals surface area (Å²) in [5, 5.41) is 11.6. The maximum atomic E-state index is 11.9. The van der Waals surface area contributed by atoms with Gasteiger partial charge in [0, 0.05) is 6.54 Å². The molecule has 22 heavy (non-hydrogen) atoms. The van der Waals surface area contributed by atoms with Crippen molar-refractivity contribution in [2.75, 3.05) is 13.7 Å². The first-order valence-electron chi connectivity index (χ1n) is 6.76. The van der Waals surface area contributed by atoms with Crippen LogP contribution in [0.3, 0.4) is 0 Å². The molecule has 2 aromatic rings. The van der Waals surface area contributed by atoms with Gasteiger partial charge in [-0.15, -0.1) is 11.3 Å². The van der Waals surface area contributed by atoms with Crippen LogP contribution in [-0.2, 0) is 6.42 Å². The molecule has 0 spiro atoms. The molecule has 6 heteroatoms. The zero-order valence-electron chi connectivity index (χ0n) is 12.4. The Labute approximate surface area is 132 Å². The number of hydrogen-bond acceptors (Lipinski definition) is 4. The smallest absolute Gasteiger partial charge is 0.345 e. The molecule has 0 unspecified atom stereocenters. The molecule has 116 valence electrons. The van der Waals surface area contributed by atoms with Gasteiger partial charge in [-0.2, -0.15) is 0 Å². The van der Waals surface area contributed by atoms with Crippen LogP contribution in [0.5, 0.6) is 5.75 Å². The molecule has 0 aliphatic heterocycles. The van der Waals surface area contributed by atoms with Crippen LogP contribution < -0.4 is 10.1 Å². The Hall–Kier alpha value is -2.34. The summed E-state index contributed by atoms with van der Waals surface area (Å²) in [6.07, 6.45) is 0.680. The molecule has 0 radical (unpaired) electrons. The van der Waals surface area contributed by atoms with Crippen molar-refractivity contribution in [1.29, 1.82) is 0 Å². The summed E-state index contributed by atoms with van der Waals surface area (Å²) in [5.74, 6) is -0.444. The van der Waals surface area contributed by atoms with Crippen molar-refractivity contribution < 1.29 is 19.4 Å². The van der Waals surface area contributed by atoms with Gasteiger partial charge >= 0.3 is 5.97 Å². The van der Waals surface area contributed by atoms with E-state index in [9.17, 15) is 9.59 Å². The number of benzene rings is 1. The molecule has 0 atom stereocenters. The van der Waals surface area contributed by atoms with Crippen LogP contribution in [0.15, 0.2) is 30.3 Å². The highest BCUT2D eigenvalue weighted by atomic mass is 32.1. The van der Waals surface area contributed by atoms with E-state index < -0.39 is 5.97 Å². The predicted molar refractivity (Wildman–Crippen MR) is 85.0 cm³/mol. The fourth-order valence-corrected chi connectivity index (χ4v) is 2.76. The normalized spacial score (nSPS) is 10.3. The first-order valence-corrected chi connectivity index (χ1v) is 7.57. The minimum atomic E-state index is -1.02. The van der Waals surface area contributed by atoms with Gasteiger partial charge in [0.1, 0.15) is 10.6 Å². The third-order valence-electron chi connectivity index (χ3n) is 3.21. The van der Waals surface area contributed by atoms with Crippen LogP contribution in [0, 0.1) is 6.92 Å².